The lowest BCUT2D eigenvalue weighted by molar-refractivity contribution is -0.274. The Morgan fingerprint density at radius 3 is 2.21 bits per heavy atom. The summed E-state index contributed by atoms with van der Waals surface area (Å²) < 4.78 is 76.2. The third kappa shape index (κ3) is 11.4. The molecule has 2 unspecified atom stereocenters. The van der Waals surface area contributed by atoms with Crippen LogP contribution in [0.15, 0.2) is 42.5 Å². The number of benzene rings is 2. The first-order valence-corrected chi connectivity index (χ1v) is 19.7. The first kappa shape index (κ1) is 46.1. The number of alkyl halides is 3. The van der Waals surface area contributed by atoms with E-state index in [1.807, 2.05) is 6.92 Å². The third-order valence-corrected chi connectivity index (χ3v) is 10.8. The van der Waals surface area contributed by atoms with E-state index >= 15 is 0 Å². The minimum atomic E-state index is -4.98. The minimum absolute atomic E-state index is 0.0258. The fourth-order valence-corrected chi connectivity index (χ4v) is 7.83. The van der Waals surface area contributed by atoms with Crippen LogP contribution >= 0.6 is 0 Å². The van der Waals surface area contributed by atoms with Crippen molar-refractivity contribution in [3.8, 4) is 5.75 Å². The van der Waals surface area contributed by atoms with Crippen LogP contribution in [0.1, 0.15) is 58.9 Å². The van der Waals surface area contributed by atoms with E-state index in [0.29, 0.717) is 12.5 Å². The molecule has 3 aliphatic heterocycles. The number of nitrogens with one attached hydrogen (secondary N) is 4. The van der Waals surface area contributed by atoms with Gasteiger partial charge in [-0.1, -0.05) is 13.8 Å². The highest BCUT2D eigenvalue weighted by atomic mass is 19.4. The molecule has 16 nitrogen and oxygen atoms in total. The molecule has 3 fully saturated rings. The summed E-state index contributed by atoms with van der Waals surface area (Å²) in [5.74, 6) is -7.48. The summed E-state index contributed by atoms with van der Waals surface area (Å²) in [5.41, 5.74) is -0.149. The van der Waals surface area contributed by atoms with Crippen LogP contribution in [0.4, 0.5) is 32.4 Å². The number of carbonyl (C=O) groups is 7. The molecular formula is C40H48F5N7O9. The molecule has 61 heavy (non-hydrogen) atoms. The van der Waals surface area contributed by atoms with Gasteiger partial charge in [0.1, 0.15) is 59.7 Å². The van der Waals surface area contributed by atoms with Crippen LogP contribution in [0.5, 0.6) is 5.75 Å². The quantitative estimate of drug-likeness (QED) is 0.228. The highest BCUT2D eigenvalue weighted by molar-refractivity contribution is 5.98. The van der Waals surface area contributed by atoms with Gasteiger partial charge in [-0.05, 0) is 87.4 Å². The number of esters is 1. The van der Waals surface area contributed by atoms with Gasteiger partial charge in [-0.15, -0.1) is 13.2 Å². The average Bonchev–Trinajstić information content (AvgIpc) is 3.82. The van der Waals surface area contributed by atoms with Crippen molar-refractivity contribution in [2.45, 2.75) is 109 Å². The normalized spacial score (nSPS) is 25.9. The summed E-state index contributed by atoms with van der Waals surface area (Å²) >= 11 is 0. The SMILES string of the molecule is CC[C@H]1C(=O)N[C@@H](C)C(=O)N2C[C@@H](C)CC2C(=O)O[C@@H](C)[C@H](NC(=O)[C@H](Cc2cc(F)cc(F)c2)NC(=O)Nc2ccc(OC(F)(F)F)cc2)C(=O)N2CCCC2C(=O)N1C. The van der Waals surface area contributed by atoms with Crippen molar-refractivity contribution < 1.29 is 65.0 Å². The average molecular weight is 866 g/mol. The second kappa shape index (κ2) is 19.1. The lowest BCUT2D eigenvalue weighted by Crippen LogP contribution is -2.62. The van der Waals surface area contributed by atoms with Gasteiger partial charge in [0.25, 0.3) is 0 Å². The van der Waals surface area contributed by atoms with E-state index in [4.69, 9.17) is 4.74 Å². The number of hydrogen-bond donors (Lipinski definition) is 4. The number of fused-ring (bicyclic) bond motifs is 2. The number of amides is 7. The van der Waals surface area contributed by atoms with Crippen molar-refractivity contribution in [1.82, 2.24) is 30.7 Å². The van der Waals surface area contributed by atoms with Gasteiger partial charge in [0.05, 0.1) is 0 Å². The molecule has 332 valence electrons. The molecule has 3 aliphatic rings. The highest BCUT2D eigenvalue weighted by Crippen LogP contribution is 2.28. The van der Waals surface area contributed by atoms with Gasteiger partial charge < -0.3 is 45.4 Å². The second-order valence-corrected chi connectivity index (χ2v) is 15.5. The maximum atomic E-state index is 14.6. The van der Waals surface area contributed by atoms with Crippen LogP contribution in [0.25, 0.3) is 0 Å². The minimum Gasteiger partial charge on any atom is -0.458 e. The number of carbonyl (C=O) groups excluding carboxylic acids is 7. The van der Waals surface area contributed by atoms with Crippen LogP contribution < -0.4 is 26.0 Å². The van der Waals surface area contributed by atoms with Gasteiger partial charge in [0.2, 0.25) is 29.5 Å². The van der Waals surface area contributed by atoms with Gasteiger partial charge in [0, 0.05) is 38.3 Å². The Morgan fingerprint density at radius 2 is 1.59 bits per heavy atom. The molecule has 0 bridgehead atoms. The van der Waals surface area contributed by atoms with Gasteiger partial charge >= 0.3 is 18.4 Å². The predicted molar refractivity (Wildman–Crippen MR) is 205 cm³/mol. The van der Waals surface area contributed by atoms with E-state index in [-0.39, 0.29) is 49.5 Å². The van der Waals surface area contributed by atoms with Crippen molar-refractivity contribution in [3.05, 3.63) is 59.7 Å². The van der Waals surface area contributed by atoms with E-state index in [2.05, 4.69) is 26.0 Å². The largest absolute Gasteiger partial charge is 0.573 e. The Kier molecular flexibility index (Phi) is 14.4. The third-order valence-electron chi connectivity index (χ3n) is 10.8. The maximum absolute atomic E-state index is 14.6. The summed E-state index contributed by atoms with van der Waals surface area (Å²) in [4.78, 5) is 101. The Bertz CT molecular complexity index is 1980. The van der Waals surface area contributed by atoms with Crippen LogP contribution in [0.3, 0.4) is 0 Å². The summed E-state index contributed by atoms with van der Waals surface area (Å²) in [6.07, 6.45) is -6.18. The molecule has 21 heteroatoms. The van der Waals surface area contributed by atoms with Crippen molar-refractivity contribution >= 4 is 47.2 Å². The molecule has 4 N–H and O–H groups in total. The topological polar surface area (TPSA) is 196 Å². The lowest BCUT2D eigenvalue weighted by Gasteiger charge is -2.36. The molecule has 8 atom stereocenters. The predicted octanol–water partition coefficient (Wildman–Crippen LogP) is 3.00. The number of anilines is 1. The fraction of sp³-hybridized carbons (Fsp3) is 0.525. The van der Waals surface area contributed by atoms with Crippen molar-refractivity contribution in [2.75, 3.05) is 25.5 Å². The molecule has 2 aromatic carbocycles. The summed E-state index contributed by atoms with van der Waals surface area (Å²) in [6.45, 7) is 6.41. The van der Waals surface area contributed by atoms with Crippen LogP contribution in [0.2, 0.25) is 0 Å². The van der Waals surface area contributed by atoms with Crippen LogP contribution in [0, 0.1) is 17.6 Å². The first-order valence-electron chi connectivity index (χ1n) is 19.7. The summed E-state index contributed by atoms with van der Waals surface area (Å²) in [7, 11) is 1.40. The molecule has 0 radical (unpaired) electrons. The molecule has 3 heterocycles. The van der Waals surface area contributed by atoms with Crippen molar-refractivity contribution in [2.24, 2.45) is 5.92 Å². The monoisotopic (exact) mass is 865 g/mol. The van der Waals surface area contributed by atoms with Crippen LogP contribution in [-0.2, 0) is 39.9 Å². The maximum Gasteiger partial charge on any atom is 0.573 e. The zero-order valence-corrected chi connectivity index (χ0v) is 34.0. The molecule has 3 saturated heterocycles. The standard InChI is InChI=1S/C40H48F5N7O9/c1-6-29-34(54)46-21(3)35(55)52-19-20(2)14-31(52)38(58)60-22(4)32(37(57)51-13-7-8-30(51)36(56)50(29)5)49-33(53)28(17-23-15-24(41)18-25(42)16-23)48-39(59)47-26-9-11-27(12-10-26)61-40(43,44)45/h9-12,15-16,18,20-22,28-32H,6-8,13-14,17,19H2,1-5H3,(H,46,54)(H,49,53)(H2,47,48,59)/t20-,21-,22-,28-,29-,30?,31?,32-/m0/s1. The number of nitrogens with zero attached hydrogens (tertiary/aromatic N) is 3. The molecule has 0 saturated carbocycles. The number of urea groups is 1. The summed E-state index contributed by atoms with van der Waals surface area (Å²) in [6, 6.07) is -2.56. The molecule has 7 amide bonds. The number of rotatable bonds is 8. The van der Waals surface area contributed by atoms with E-state index in [1.165, 1.54) is 35.6 Å². The van der Waals surface area contributed by atoms with Crippen molar-refractivity contribution in [3.63, 3.8) is 0 Å². The molecule has 2 aromatic rings. The lowest BCUT2D eigenvalue weighted by atomic mass is 10.0. The Labute approximate surface area is 347 Å². The fourth-order valence-electron chi connectivity index (χ4n) is 7.83. The molecule has 0 spiro atoms. The van der Waals surface area contributed by atoms with Gasteiger partial charge in [-0.3, -0.25) is 24.0 Å². The number of likely N-dealkylation sites (N-methyl/N-ethyl adjacent to an activating group) is 1. The van der Waals surface area contributed by atoms with Gasteiger partial charge in [0.15, 0.2) is 0 Å². The van der Waals surface area contributed by atoms with E-state index in [0.717, 1.165) is 36.4 Å². The second-order valence-electron chi connectivity index (χ2n) is 15.5. The zero-order valence-electron chi connectivity index (χ0n) is 34.0. The Balaban J connectivity index is 1.48. The smallest absolute Gasteiger partial charge is 0.458 e. The molecule has 0 aromatic heterocycles. The van der Waals surface area contributed by atoms with Crippen molar-refractivity contribution in [1.29, 1.82) is 0 Å². The first-order chi connectivity index (χ1) is 28.6. The Hall–Kier alpha value is -6.02. The number of cyclic esters (lactones) is 1. The number of halogens is 5. The molecular weight excluding hydrogens is 817 g/mol. The Morgan fingerprint density at radius 1 is 0.934 bits per heavy atom. The van der Waals surface area contributed by atoms with E-state index in [1.54, 1.807) is 6.92 Å². The van der Waals surface area contributed by atoms with Gasteiger partial charge in [-0.25, -0.2) is 18.4 Å². The molecule has 5 rings (SSSR count). The number of ether oxygens (including phenoxy) is 2. The zero-order chi connectivity index (χ0) is 44.9. The summed E-state index contributed by atoms with van der Waals surface area (Å²) in [5, 5.41) is 9.86. The van der Waals surface area contributed by atoms with E-state index in [9.17, 15) is 55.5 Å². The highest BCUT2D eigenvalue weighted by Gasteiger charge is 2.46. The van der Waals surface area contributed by atoms with Gasteiger partial charge in [-0.2, -0.15) is 0 Å². The molecule has 0 aliphatic carbocycles. The number of hydrogen-bond acceptors (Lipinski definition) is 9. The van der Waals surface area contributed by atoms with Crippen LogP contribution in [-0.4, -0.2) is 125 Å². The van der Waals surface area contributed by atoms with E-state index < -0.39 is 114 Å².